The molecule has 106 valence electrons. The highest BCUT2D eigenvalue weighted by atomic mass is 19.2. The highest BCUT2D eigenvalue weighted by Gasteiger charge is 2.13. The van der Waals surface area contributed by atoms with Crippen molar-refractivity contribution < 1.29 is 17.9 Å². The molecule has 0 amide bonds. The van der Waals surface area contributed by atoms with Crippen LogP contribution < -0.4 is 10.1 Å². The topological polar surface area (TPSA) is 21.3 Å². The molecular formula is C15H14F3NO. The lowest BCUT2D eigenvalue weighted by molar-refractivity contribution is 0.449. The monoisotopic (exact) mass is 281 g/mol. The average Bonchev–Trinajstić information content (AvgIpc) is 2.44. The zero-order valence-electron chi connectivity index (χ0n) is 11.1. The SMILES string of the molecule is CNC(C)c1cc(F)ccc1Oc1ccc(F)c(F)c1. The summed E-state index contributed by atoms with van der Waals surface area (Å²) in [5.41, 5.74) is 0.595. The highest BCUT2D eigenvalue weighted by Crippen LogP contribution is 2.30. The van der Waals surface area contributed by atoms with Gasteiger partial charge >= 0.3 is 0 Å². The van der Waals surface area contributed by atoms with Crippen molar-refractivity contribution in [1.82, 2.24) is 5.32 Å². The third-order valence-corrected chi connectivity index (χ3v) is 2.99. The number of rotatable bonds is 4. The zero-order chi connectivity index (χ0) is 14.7. The first-order valence-electron chi connectivity index (χ1n) is 6.11. The van der Waals surface area contributed by atoms with Gasteiger partial charge in [0.25, 0.3) is 0 Å². The molecule has 2 aromatic carbocycles. The van der Waals surface area contributed by atoms with E-state index in [1.54, 1.807) is 7.05 Å². The molecule has 0 bridgehead atoms. The third kappa shape index (κ3) is 3.11. The van der Waals surface area contributed by atoms with Crippen LogP contribution in [-0.4, -0.2) is 7.05 Å². The lowest BCUT2D eigenvalue weighted by atomic mass is 10.1. The minimum absolute atomic E-state index is 0.147. The Bertz CT molecular complexity index is 616. The maximum Gasteiger partial charge on any atom is 0.162 e. The van der Waals surface area contributed by atoms with E-state index in [1.165, 1.54) is 24.3 Å². The quantitative estimate of drug-likeness (QED) is 0.908. The number of halogens is 3. The summed E-state index contributed by atoms with van der Waals surface area (Å²) in [4.78, 5) is 0. The molecule has 2 rings (SSSR count). The predicted octanol–water partition coefficient (Wildman–Crippen LogP) is 4.18. The van der Waals surface area contributed by atoms with Gasteiger partial charge < -0.3 is 10.1 Å². The van der Waals surface area contributed by atoms with E-state index < -0.39 is 11.6 Å². The van der Waals surface area contributed by atoms with Crippen molar-refractivity contribution in [3.05, 3.63) is 59.4 Å². The second-order valence-electron chi connectivity index (χ2n) is 4.37. The Labute approximate surface area is 115 Å². The van der Waals surface area contributed by atoms with Gasteiger partial charge in [-0.2, -0.15) is 0 Å². The maximum absolute atomic E-state index is 13.3. The molecule has 2 nitrogen and oxygen atoms in total. The second kappa shape index (κ2) is 5.96. The van der Waals surface area contributed by atoms with E-state index in [2.05, 4.69) is 5.32 Å². The molecule has 0 saturated heterocycles. The molecule has 1 N–H and O–H groups in total. The van der Waals surface area contributed by atoms with Crippen LogP contribution in [0.25, 0.3) is 0 Å². The lowest BCUT2D eigenvalue weighted by Gasteiger charge is -2.16. The van der Waals surface area contributed by atoms with Crippen molar-refractivity contribution in [3.8, 4) is 11.5 Å². The average molecular weight is 281 g/mol. The van der Waals surface area contributed by atoms with Crippen molar-refractivity contribution >= 4 is 0 Å². The molecule has 0 aliphatic heterocycles. The fourth-order valence-electron chi connectivity index (χ4n) is 1.77. The van der Waals surface area contributed by atoms with Crippen LogP contribution in [-0.2, 0) is 0 Å². The van der Waals surface area contributed by atoms with Crippen LogP contribution in [0.1, 0.15) is 18.5 Å². The maximum atomic E-state index is 13.3. The number of hydrogen-bond acceptors (Lipinski definition) is 2. The summed E-state index contributed by atoms with van der Waals surface area (Å²) in [6, 6.07) is 7.15. The largest absolute Gasteiger partial charge is 0.457 e. The molecule has 2 aromatic rings. The van der Waals surface area contributed by atoms with Gasteiger partial charge in [-0.15, -0.1) is 0 Å². The molecule has 0 saturated carbocycles. The Balaban J connectivity index is 2.35. The number of hydrogen-bond donors (Lipinski definition) is 1. The normalized spacial score (nSPS) is 12.2. The van der Waals surface area contributed by atoms with Gasteiger partial charge in [0, 0.05) is 17.7 Å². The van der Waals surface area contributed by atoms with E-state index in [0.29, 0.717) is 11.3 Å². The van der Waals surface area contributed by atoms with Crippen LogP contribution in [0.5, 0.6) is 11.5 Å². The molecule has 0 aromatic heterocycles. The molecule has 20 heavy (non-hydrogen) atoms. The minimum atomic E-state index is -0.993. The van der Waals surface area contributed by atoms with Gasteiger partial charge in [-0.25, -0.2) is 13.2 Å². The van der Waals surface area contributed by atoms with E-state index >= 15 is 0 Å². The first-order valence-corrected chi connectivity index (χ1v) is 6.11. The van der Waals surface area contributed by atoms with E-state index in [-0.39, 0.29) is 17.6 Å². The second-order valence-corrected chi connectivity index (χ2v) is 4.37. The molecule has 0 spiro atoms. The fourth-order valence-corrected chi connectivity index (χ4v) is 1.77. The summed E-state index contributed by atoms with van der Waals surface area (Å²) < 4.78 is 44.8. The smallest absolute Gasteiger partial charge is 0.162 e. The Morgan fingerprint density at radius 2 is 1.75 bits per heavy atom. The number of benzene rings is 2. The van der Waals surface area contributed by atoms with Crippen LogP contribution in [0.15, 0.2) is 36.4 Å². The van der Waals surface area contributed by atoms with Crippen molar-refractivity contribution in [2.45, 2.75) is 13.0 Å². The van der Waals surface area contributed by atoms with Crippen LogP contribution in [0.2, 0.25) is 0 Å². The first-order chi connectivity index (χ1) is 9.51. The van der Waals surface area contributed by atoms with Gasteiger partial charge in [0.1, 0.15) is 17.3 Å². The van der Waals surface area contributed by atoms with Crippen molar-refractivity contribution in [3.63, 3.8) is 0 Å². The Hall–Kier alpha value is -2.01. The molecule has 5 heteroatoms. The van der Waals surface area contributed by atoms with Crippen LogP contribution in [0.4, 0.5) is 13.2 Å². The minimum Gasteiger partial charge on any atom is -0.457 e. The summed E-state index contributed by atoms with van der Waals surface area (Å²) in [6.45, 7) is 1.84. The summed E-state index contributed by atoms with van der Waals surface area (Å²) in [7, 11) is 1.73. The number of nitrogens with one attached hydrogen (secondary N) is 1. The molecule has 1 unspecified atom stereocenters. The van der Waals surface area contributed by atoms with Gasteiger partial charge in [0.05, 0.1) is 0 Å². The standard InChI is InChI=1S/C15H14F3NO/c1-9(19-2)12-7-10(16)3-6-15(12)20-11-4-5-13(17)14(18)8-11/h3-9,19H,1-2H3. The third-order valence-electron chi connectivity index (χ3n) is 2.99. The van der Waals surface area contributed by atoms with Gasteiger partial charge in [0.15, 0.2) is 11.6 Å². The van der Waals surface area contributed by atoms with Gasteiger partial charge in [-0.05, 0) is 44.3 Å². The van der Waals surface area contributed by atoms with Crippen molar-refractivity contribution in [2.75, 3.05) is 7.05 Å². The summed E-state index contributed by atoms with van der Waals surface area (Å²) >= 11 is 0. The Morgan fingerprint density at radius 3 is 2.40 bits per heavy atom. The Morgan fingerprint density at radius 1 is 1.00 bits per heavy atom. The zero-order valence-corrected chi connectivity index (χ0v) is 11.1. The van der Waals surface area contributed by atoms with Gasteiger partial charge in [-0.1, -0.05) is 0 Å². The Kier molecular flexibility index (Phi) is 4.29. The van der Waals surface area contributed by atoms with Crippen molar-refractivity contribution in [2.24, 2.45) is 0 Å². The highest BCUT2D eigenvalue weighted by molar-refractivity contribution is 5.40. The molecule has 0 heterocycles. The molecule has 0 aliphatic rings. The van der Waals surface area contributed by atoms with E-state index in [9.17, 15) is 13.2 Å². The fraction of sp³-hybridized carbons (Fsp3) is 0.200. The van der Waals surface area contributed by atoms with Gasteiger partial charge in [-0.3, -0.25) is 0 Å². The molecule has 0 fully saturated rings. The van der Waals surface area contributed by atoms with E-state index in [4.69, 9.17) is 4.74 Å². The van der Waals surface area contributed by atoms with Crippen LogP contribution in [0.3, 0.4) is 0 Å². The van der Waals surface area contributed by atoms with E-state index in [0.717, 1.165) is 12.1 Å². The molecule has 0 aliphatic carbocycles. The van der Waals surface area contributed by atoms with Crippen LogP contribution in [0, 0.1) is 17.5 Å². The van der Waals surface area contributed by atoms with Gasteiger partial charge in [0.2, 0.25) is 0 Å². The summed E-state index contributed by atoms with van der Waals surface area (Å²) in [5.74, 6) is -1.79. The molecule has 0 radical (unpaired) electrons. The van der Waals surface area contributed by atoms with Crippen molar-refractivity contribution in [1.29, 1.82) is 0 Å². The van der Waals surface area contributed by atoms with Crippen LogP contribution >= 0.6 is 0 Å². The predicted molar refractivity (Wildman–Crippen MR) is 70.3 cm³/mol. The lowest BCUT2D eigenvalue weighted by Crippen LogP contribution is -2.13. The van der Waals surface area contributed by atoms with E-state index in [1.807, 2.05) is 6.92 Å². The molecule has 1 atom stereocenters. The summed E-state index contributed by atoms with van der Waals surface area (Å²) in [5, 5.41) is 2.97. The first kappa shape index (κ1) is 14.4. The summed E-state index contributed by atoms with van der Waals surface area (Å²) in [6.07, 6.45) is 0. The molecular weight excluding hydrogens is 267 g/mol. The number of ether oxygens (including phenoxy) is 1.